The van der Waals surface area contributed by atoms with Gasteiger partial charge in [-0.05, 0) is 24.0 Å². The lowest BCUT2D eigenvalue weighted by Gasteiger charge is -2.27. The summed E-state index contributed by atoms with van der Waals surface area (Å²) in [4.78, 5) is 21.8. The van der Waals surface area contributed by atoms with Crippen molar-refractivity contribution in [1.82, 2.24) is 24.6 Å². The van der Waals surface area contributed by atoms with Gasteiger partial charge in [-0.1, -0.05) is 13.0 Å². The highest BCUT2D eigenvalue weighted by molar-refractivity contribution is 5.86. The maximum Gasteiger partial charge on any atom is 0.230 e. The van der Waals surface area contributed by atoms with Gasteiger partial charge in [-0.3, -0.25) is 19.4 Å². The first-order valence-electron chi connectivity index (χ1n) is 8.95. The van der Waals surface area contributed by atoms with Crippen molar-refractivity contribution in [2.75, 3.05) is 19.6 Å². The Balaban J connectivity index is 1.45. The summed E-state index contributed by atoms with van der Waals surface area (Å²) in [6, 6.07) is 3.97. The standard InChI is InChI=1S/C19H25N5O/c1-15-10-23(12-17-9-21-22(2)11-17)14-19(15)5-7-24(18(19)25)13-16-4-3-6-20-8-16/h3-4,6,8-9,11,15H,5,7,10,12-14H2,1-2H3/t15-,19-/m0/s1. The second kappa shape index (κ2) is 6.26. The summed E-state index contributed by atoms with van der Waals surface area (Å²) in [6.07, 6.45) is 8.55. The lowest BCUT2D eigenvalue weighted by atomic mass is 9.78. The number of pyridine rings is 1. The first kappa shape index (κ1) is 16.3. The van der Waals surface area contributed by atoms with Crippen LogP contribution in [0.15, 0.2) is 36.9 Å². The Kier molecular flexibility index (Phi) is 4.07. The molecule has 25 heavy (non-hydrogen) atoms. The average molecular weight is 339 g/mol. The molecule has 0 saturated carbocycles. The molecule has 132 valence electrons. The summed E-state index contributed by atoms with van der Waals surface area (Å²) < 4.78 is 1.83. The van der Waals surface area contributed by atoms with E-state index < -0.39 is 0 Å². The quantitative estimate of drug-likeness (QED) is 0.851. The van der Waals surface area contributed by atoms with Crippen molar-refractivity contribution in [2.24, 2.45) is 18.4 Å². The highest BCUT2D eigenvalue weighted by Gasteiger charge is 2.54. The predicted molar refractivity (Wildman–Crippen MR) is 94.4 cm³/mol. The SMILES string of the molecule is C[C@H]1CN(Cc2cnn(C)c2)C[C@@]12CCN(Cc1cccnc1)C2=O. The van der Waals surface area contributed by atoms with Gasteiger partial charge in [0.25, 0.3) is 0 Å². The molecule has 4 heterocycles. The Morgan fingerprint density at radius 2 is 2.16 bits per heavy atom. The third-order valence-electron chi connectivity index (χ3n) is 5.78. The molecule has 2 aliphatic heterocycles. The molecule has 6 heteroatoms. The van der Waals surface area contributed by atoms with Crippen molar-refractivity contribution in [3.63, 3.8) is 0 Å². The van der Waals surface area contributed by atoms with Crippen LogP contribution in [0, 0.1) is 11.3 Å². The zero-order valence-electron chi connectivity index (χ0n) is 14.9. The van der Waals surface area contributed by atoms with Crippen molar-refractivity contribution < 1.29 is 4.79 Å². The zero-order valence-corrected chi connectivity index (χ0v) is 14.9. The van der Waals surface area contributed by atoms with Crippen LogP contribution in [0.4, 0.5) is 0 Å². The van der Waals surface area contributed by atoms with Gasteiger partial charge in [-0.25, -0.2) is 0 Å². The van der Waals surface area contributed by atoms with Gasteiger partial charge in [-0.15, -0.1) is 0 Å². The highest BCUT2D eigenvalue weighted by atomic mass is 16.2. The summed E-state index contributed by atoms with van der Waals surface area (Å²) in [6.45, 7) is 6.44. The van der Waals surface area contributed by atoms with Crippen LogP contribution in [0.25, 0.3) is 0 Å². The summed E-state index contributed by atoms with van der Waals surface area (Å²) in [5.74, 6) is 0.702. The number of hydrogen-bond acceptors (Lipinski definition) is 4. The van der Waals surface area contributed by atoms with E-state index in [1.54, 1.807) is 6.20 Å². The second-order valence-electron chi connectivity index (χ2n) is 7.59. The number of nitrogens with zero attached hydrogens (tertiary/aromatic N) is 5. The molecule has 2 fully saturated rings. The Hall–Kier alpha value is -2.21. The number of rotatable bonds is 4. The van der Waals surface area contributed by atoms with Crippen LogP contribution in [0.2, 0.25) is 0 Å². The molecule has 2 atom stereocenters. The number of likely N-dealkylation sites (tertiary alicyclic amines) is 2. The molecule has 2 aromatic heterocycles. The van der Waals surface area contributed by atoms with E-state index in [0.29, 0.717) is 18.4 Å². The van der Waals surface area contributed by atoms with Crippen LogP contribution in [0.1, 0.15) is 24.5 Å². The van der Waals surface area contributed by atoms with E-state index in [4.69, 9.17) is 0 Å². The van der Waals surface area contributed by atoms with E-state index in [0.717, 1.165) is 38.2 Å². The van der Waals surface area contributed by atoms with Gasteiger partial charge >= 0.3 is 0 Å². The normalized spacial score (nSPS) is 26.9. The van der Waals surface area contributed by atoms with Gasteiger partial charge in [-0.2, -0.15) is 5.10 Å². The number of aromatic nitrogens is 3. The molecule has 2 aliphatic rings. The predicted octanol–water partition coefficient (Wildman–Crippen LogP) is 1.69. The van der Waals surface area contributed by atoms with E-state index in [1.807, 2.05) is 41.2 Å². The van der Waals surface area contributed by atoms with Crippen LogP contribution in [0.5, 0.6) is 0 Å². The molecule has 0 unspecified atom stereocenters. The van der Waals surface area contributed by atoms with E-state index in [2.05, 4.69) is 28.1 Å². The number of carbonyl (C=O) groups is 1. The van der Waals surface area contributed by atoms with Gasteiger partial charge in [0.05, 0.1) is 11.6 Å². The minimum absolute atomic E-state index is 0.218. The fourth-order valence-corrected chi connectivity index (χ4v) is 4.44. The lowest BCUT2D eigenvalue weighted by molar-refractivity contribution is -0.137. The molecule has 2 saturated heterocycles. The number of aryl methyl sites for hydroxylation is 1. The monoisotopic (exact) mass is 339 g/mol. The summed E-state index contributed by atoms with van der Waals surface area (Å²) in [5.41, 5.74) is 2.10. The third-order valence-corrected chi connectivity index (χ3v) is 5.78. The van der Waals surface area contributed by atoms with E-state index in [9.17, 15) is 4.79 Å². The number of amides is 1. The van der Waals surface area contributed by atoms with Crippen molar-refractivity contribution >= 4 is 5.91 Å². The fourth-order valence-electron chi connectivity index (χ4n) is 4.44. The molecular formula is C19H25N5O. The molecule has 4 rings (SSSR count). The Morgan fingerprint density at radius 3 is 2.88 bits per heavy atom. The van der Waals surface area contributed by atoms with Crippen molar-refractivity contribution in [2.45, 2.75) is 26.4 Å². The minimum Gasteiger partial charge on any atom is -0.338 e. The third kappa shape index (κ3) is 2.95. The molecule has 0 aromatic carbocycles. The van der Waals surface area contributed by atoms with Gasteiger partial charge in [0.1, 0.15) is 0 Å². The van der Waals surface area contributed by atoms with Gasteiger partial charge in [0, 0.05) is 63.9 Å². The summed E-state index contributed by atoms with van der Waals surface area (Å²) in [7, 11) is 1.94. The maximum atomic E-state index is 13.2. The molecular weight excluding hydrogens is 314 g/mol. The first-order valence-corrected chi connectivity index (χ1v) is 8.95. The van der Waals surface area contributed by atoms with Gasteiger partial charge in [0.15, 0.2) is 0 Å². The zero-order chi connectivity index (χ0) is 17.4. The molecule has 0 N–H and O–H groups in total. The van der Waals surface area contributed by atoms with E-state index in [-0.39, 0.29) is 5.41 Å². The van der Waals surface area contributed by atoms with E-state index in [1.165, 1.54) is 5.56 Å². The Bertz CT molecular complexity index is 758. The molecule has 2 aromatic rings. The van der Waals surface area contributed by atoms with Gasteiger partial charge in [0.2, 0.25) is 5.91 Å². The molecule has 6 nitrogen and oxygen atoms in total. The maximum absolute atomic E-state index is 13.2. The minimum atomic E-state index is -0.218. The van der Waals surface area contributed by atoms with Crippen LogP contribution in [-0.2, 0) is 24.9 Å². The van der Waals surface area contributed by atoms with Crippen LogP contribution < -0.4 is 0 Å². The Labute approximate surface area is 148 Å². The van der Waals surface area contributed by atoms with Gasteiger partial charge < -0.3 is 4.90 Å². The molecule has 1 spiro atoms. The smallest absolute Gasteiger partial charge is 0.230 e. The van der Waals surface area contributed by atoms with Crippen molar-refractivity contribution in [1.29, 1.82) is 0 Å². The Morgan fingerprint density at radius 1 is 1.28 bits per heavy atom. The highest BCUT2D eigenvalue weighted by Crippen LogP contribution is 2.45. The molecule has 1 amide bonds. The van der Waals surface area contributed by atoms with Crippen LogP contribution >= 0.6 is 0 Å². The van der Waals surface area contributed by atoms with E-state index >= 15 is 0 Å². The first-order chi connectivity index (χ1) is 12.1. The summed E-state index contributed by atoms with van der Waals surface area (Å²) >= 11 is 0. The molecule has 0 bridgehead atoms. The molecule has 0 radical (unpaired) electrons. The molecule has 0 aliphatic carbocycles. The number of carbonyl (C=O) groups excluding carboxylic acids is 1. The fraction of sp³-hybridized carbons (Fsp3) is 0.526. The van der Waals surface area contributed by atoms with Crippen molar-refractivity contribution in [3.05, 3.63) is 48.0 Å². The average Bonchev–Trinajstić information content (AvgIpc) is 3.24. The topological polar surface area (TPSA) is 54.3 Å². The largest absolute Gasteiger partial charge is 0.338 e. The number of hydrogen-bond donors (Lipinski definition) is 0. The van der Waals surface area contributed by atoms with Crippen molar-refractivity contribution in [3.8, 4) is 0 Å². The summed E-state index contributed by atoms with van der Waals surface area (Å²) in [5, 5.41) is 4.25. The van der Waals surface area contributed by atoms with Crippen LogP contribution in [-0.4, -0.2) is 50.1 Å². The second-order valence-corrected chi connectivity index (χ2v) is 7.59. The van der Waals surface area contributed by atoms with Crippen LogP contribution in [0.3, 0.4) is 0 Å². The lowest BCUT2D eigenvalue weighted by Crippen LogP contribution is -2.39.